The number of carbonyl (C=O) groups excluding carboxylic acids is 1. The molecule has 0 unspecified atom stereocenters. The number of amides is 1. The molecule has 1 N–H and O–H groups in total. The molecule has 2 aromatic carbocycles. The van der Waals surface area contributed by atoms with E-state index in [9.17, 15) is 18.4 Å². The molecule has 10 heteroatoms. The van der Waals surface area contributed by atoms with Gasteiger partial charge in [0.05, 0.1) is 24.9 Å². The molecule has 0 spiro atoms. The molecule has 8 nitrogen and oxygen atoms in total. The van der Waals surface area contributed by atoms with Crippen molar-refractivity contribution >= 4 is 16.8 Å². The lowest BCUT2D eigenvalue weighted by molar-refractivity contribution is 0.0956. The Kier molecular flexibility index (Phi) is 8.40. The second kappa shape index (κ2) is 12.1. The van der Waals surface area contributed by atoms with Crippen molar-refractivity contribution in [3.63, 3.8) is 0 Å². The fourth-order valence-electron chi connectivity index (χ4n) is 3.58. The van der Waals surface area contributed by atoms with Crippen LogP contribution in [0.15, 0.2) is 66.0 Å². The van der Waals surface area contributed by atoms with E-state index >= 15 is 0 Å². The summed E-state index contributed by atoms with van der Waals surface area (Å²) in [6.07, 6.45) is 4.08. The van der Waals surface area contributed by atoms with Gasteiger partial charge < -0.3 is 15.0 Å². The van der Waals surface area contributed by atoms with Gasteiger partial charge in [-0.15, -0.1) is 0 Å². The Morgan fingerprint density at radius 3 is 2.76 bits per heavy atom. The van der Waals surface area contributed by atoms with Gasteiger partial charge in [-0.25, -0.2) is 13.8 Å². The number of aromatic nitrogens is 3. The zero-order chi connectivity index (χ0) is 27.1. The van der Waals surface area contributed by atoms with Crippen LogP contribution in [0.3, 0.4) is 0 Å². The second-order valence-electron chi connectivity index (χ2n) is 8.67. The number of nitrogens with one attached hydrogen (secondary N) is 1. The minimum atomic E-state index is -1.02. The second-order valence-corrected chi connectivity index (χ2v) is 8.67. The summed E-state index contributed by atoms with van der Waals surface area (Å²) in [5.74, 6) is 3.93. The van der Waals surface area contributed by atoms with Crippen molar-refractivity contribution < 1.29 is 18.3 Å². The molecule has 0 saturated carbocycles. The third-order valence-electron chi connectivity index (χ3n) is 5.55. The van der Waals surface area contributed by atoms with Crippen LogP contribution in [0.2, 0.25) is 0 Å². The van der Waals surface area contributed by atoms with Crippen molar-refractivity contribution in [2.24, 2.45) is 0 Å². The molecule has 0 aliphatic carbocycles. The van der Waals surface area contributed by atoms with Crippen molar-refractivity contribution in [3.05, 3.63) is 99.9 Å². The van der Waals surface area contributed by atoms with Gasteiger partial charge in [-0.1, -0.05) is 17.9 Å². The summed E-state index contributed by atoms with van der Waals surface area (Å²) in [6.45, 7) is 1.23. The Balaban J connectivity index is 1.42. The monoisotopic (exact) mass is 517 g/mol. The molecule has 1 amide bonds. The van der Waals surface area contributed by atoms with Gasteiger partial charge in [0.25, 0.3) is 11.5 Å². The van der Waals surface area contributed by atoms with E-state index in [0.29, 0.717) is 23.5 Å². The number of rotatable bonds is 8. The summed E-state index contributed by atoms with van der Waals surface area (Å²) >= 11 is 0. The van der Waals surface area contributed by atoms with E-state index in [2.05, 4.69) is 27.1 Å². The predicted octanol–water partition coefficient (Wildman–Crippen LogP) is 2.84. The number of benzene rings is 2. The highest BCUT2D eigenvalue weighted by molar-refractivity contribution is 5.93. The first kappa shape index (κ1) is 26.4. The molecular formula is C28H25F2N5O3. The van der Waals surface area contributed by atoms with Crippen LogP contribution in [0.1, 0.15) is 21.5 Å². The number of likely N-dealkylation sites (N-methyl/N-ethyl adjacent to an activating group) is 1. The van der Waals surface area contributed by atoms with Crippen LogP contribution >= 0.6 is 0 Å². The van der Waals surface area contributed by atoms with E-state index in [1.807, 2.05) is 43.3 Å². The number of ether oxygens (including phenoxy) is 1. The number of halogens is 2. The summed E-state index contributed by atoms with van der Waals surface area (Å²) in [6, 6.07) is 10.7. The van der Waals surface area contributed by atoms with E-state index in [0.717, 1.165) is 40.3 Å². The average Bonchev–Trinajstić information content (AvgIpc) is 2.90. The molecule has 4 rings (SSSR count). The molecular weight excluding hydrogens is 492 g/mol. The lowest BCUT2D eigenvalue weighted by Gasteiger charge is -2.12. The largest absolute Gasteiger partial charge is 0.491 e. The van der Waals surface area contributed by atoms with Crippen LogP contribution < -0.4 is 15.6 Å². The molecule has 0 radical (unpaired) electrons. The molecule has 2 aromatic heterocycles. The van der Waals surface area contributed by atoms with Crippen LogP contribution in [0.25, 0.3) is 10.9 Å². The zero-order valence-corrected chi connectivity index (χ0v) is 20.9. The number of hydrogen-bond acceptors (Lipinski definition) is 6. The summed E-state index contributed by atoms with van der Waals surface area (Å²) in [5.41, 5.74) is 1.05. The van der Waals surface area contributed by atoms with Gasteiger partial charge in [-0.3, -0.25) is 19.1 Å². The van der Waals surface area contributed by atoms with Gasteiger partial charge >= 0.3 is 0 Å². The molecule has 0 bridgehead atoms. The first-order chi connectivity index (χ1) is 18.3. The van der Waals surface area contributed by atoms with Crippen molar-refractivity contribution in [1.82, 2.24) is 24.8 Å². The van der Waals surface area contributed by atoms with Crippen LogP contribution in [0, 0.1) is 23.5 Å². The van der Waals surface area contributed by atoms with Gasteiger partial charge in [0.2, 0.25) is 0 Å². The van der Waals surface area contributed by atoms with Crippen LogP contribution in [-0.4, -0.2) is 59.1 Å². The zero-order valence-electron chi connectivity index (χ0n) is 20.9. The lowest BCUT2D eigenvalue weighted by Crippen LogP contribution is -2.33. The Hall–Kier alpha value is -4.62. The minimum Gasteiger partial charge on any atom is -0.491 e. The number of pyridine rings is 1. The number of fused-ring (bicyclic) bond motifs is 1. The molecule has 38 heavy (non-hydrogen) atoms. The first-order valence-corrected chi connectivity index (χ1v) is 11.7. The summed E-state index contributed by atoms with van der Waals surface area (Å²) in [5, 5.41) is 3.42. The maximum atomic E-state index is 13.5. The summed E-state index contributed by atoms with van der Waals surface area (Å²) in [7, 11) is 3.95. The molecule has 0 saturated heterocycles. The van der Waals surface area contributed by atoms with E-state index in [1.54, 1.807) is 6.20 Å². The standard InChI is InChI=1S/C28H25F2N5O3/c1-34(2)12-13-38-26-9-11-32-25-8-6-19(14-21(25)26)4-3-10-33-27(36)22-16-31-18-35(28(22)37)17-20-5-7-23(29)24(30)15-20/h5-9,11,14-16,18H,10,12-13,17H2,1-2H3,(H,33,36). The summed E-state index contributed by atoms with van der Waals surface area (Å²) < 4.78 is 33.7. The molecule has 0 aliphatic rings. The first-order valence-electron chi connectivity index (χ1n) is 11.7. The number of nitrogens with zero attached hydrogens (tertiary/aromatic N) is 4. The Bertz CT molecular complexity index is 1590. The molecule has 2 heterocycles. The van der Waals surface area contributed by atoms with Gasteiger partial charge in [0.1, 0.15) is 17.9 Å². The molecule has 194 valence electrons. The van der Waals surface area contributed by atoms with Gasteiger partial charge in [-0.05, 0) is 56.1 Å². The molecule has 0 atom stereocenters. The average molecular weight is 518 g/mol. The molecule has 4 aromatic rings. The van der Waals surface area contributed by atoms with E-state index < -0.39 is 23.1 Å². The number of hydrogen-bond donors (Lipinski definition) is 1. The van der Waals surface area contributed by atoms with Crippen molar-refractivity contribution in [2.45, 2.75) is 6.54 Å². The topological polar surface area (TPSA) is 89.3 Å². The van der Waals surface area contributed by atoms with E-state index in [-0.39, 0.29) is 18.7 Å². The van der Waals surface area contributed by atoms with Crippen LogP contribution in [-0.2, 0) is 6.54 Å². The van der Waals surface area contributed by atoms with Crippen LogP contribution in [0.5, 0.6) is 5.75 Å². The van der Waals surface area contributed by atoms with Gasteiger partial charge in [0.15, 0.2) is 11.6 Å². The quantitative estimate of drug-likeness (QED) is 0.362. The predicted molar refractivity (Wildman–Crippen MR) is 139 cm³/mol. The van der Waals surface area contributed by atoms with E-state index in [1.165, 1.54) is 12.4 Å². The van der Waals surface area contributed by atoms with E-state index in [4.69, 9.17) is 4.74 Å². The SMILES string of the molecule is CN(C)CCOc1ccnc2ccc(C#CCNC(=O)c3cncn(Cc4ccc(F)c(F)c4)c3=O)cc12. The normalized spacial score (nSPS) is 10.8. The molecule has 0 aliphatic heterocycles. The fourth-order valence-corrected chi connectivity index (χ4v) is 3.58. The van der Waals surface area contributed by atoms with Crippen molar-refractivity contribution in [3.8, 4) is 17.6 Å². The lowest BCUT2D eigenvalue weighted by atomic mass is 10.1. The highest BCUT2D eigenvalue weighted by Gasteiger charge is 2.13. The minimum absolute atomic E-state index is 0.00634. The molecule has 0 fully saturated rings. The van der Waals surface area contributed by atoms with Gasteiger partial charge in [-0.2, -0.15) is 0 Å². The maximum Gasteiger partial charge on any atom is 0.266 e. The highest BCUT2D eigenvalue weighted by Crippen LogP contribution is 2.24. The number of carbonyl (C=O) groups is 1. The van der Waals surface area contributed by atoms with Crippen molar-refractivity contribution in [2.75, 3.05) is 33.8 Å². The maximum absolute atomic E-state index is 13.5. The smallest absolute Gasteiger partial charge is 0.266 e. The summed E-state index contributed by atoms with van der Waals surface area (Å²) in [4.78, 5) is 35.6. The Morgan fingerprint density at radius 1 is 1.13 bits per heavy atom. The van der Waals surface area contributed by atoms with Gasteiger partial charge in [0, 0.05) is 29.9 Å². The Morgan fingerprint density at radius 2 is 1.97 bits per heavy atom. The Labute approximate surface area is 217 Å². The van der Waals surface area contributed by atoms with Crippen molar-refractivity contribution in [1.29, 1.82) is 0 Å². The van der Waals surface area contributed by atoms with Crippen LogP contribution in [0.4, 0.5) is 8.78 Å². The fraction of sp³-hybridized carbons (Fsp3) is 0.214. The third kappa shape index (κ3) is 6.57. The third-order valence-corrected chi connectivity index (χ3v) is 5.55. The highest BCUT2D eigenvalue weighted by atomic mass is 19.2.